The van der Waals surface area contributed by atoms with E-state index < -0.39 is 0 Å². The zero-order valence-electron chi connectivity index (χ0n) is 8.83. The van der Waals surface area contributed by atoms with Gasteiger partial charge in [0.1, 0.15) is 5.82 Å². The van der Waals surface area contributed by atoms with Crippen LogP contribution in [0.1, 0.15) is 17.0 Å². The van der Waals surface area contributed by atoms with Crippen LogP contribution >= 0.6 is 34.8 Å². The van der Waals surface area contributed by atoms with Crippen molar-refractivity contribution >= 4 is 34.8 Å². The molecule has 0 saturated carbocycles. The Morgan fingerprint density at radius 1 is 1.06 bits per heavy atom. The van der Waals surface area contributed by atoms with Gasteiger partial charge in [-0.15, -0.1) is 11.6 Å². The fourth-order valence-electron chi connectivity index (χ4n) is 1.38. The van der Waals surface area contributed by atoms with Crippen molar-refractivity contribution in [1.82, 2.24) is 9.97 Å². The van der Waals surface area contributed by atoms with Crippen LogP contribution in [0.3, 0.4) is 0 Å². The Kier molecular flexibility index (Phi) is 4.21. The van der Waals surface area contributed by atoms with E-state index in [1.165, 1.54) is 0 Å². The number of nitrogens with zero attached hydrogens (tertiary/aromatic N) is 2. The quantitative estimate of drug-likeness (QED) is 0.794. The normalized spacial score (nSPS) is 10.5. The molecule has 0 unspecified atom stereocenters. The lowest BCUT2D eigenvalue weighted by Crippen LogP contribution is -1.97. The number of hydrogen-bond donors (Lipinski definition) is 0. The van der Waals surface area contributed by atoms with Crippen LogP contribution in [-0.4, -0.2) is 9.97 Å². The van der Waals surface area contributed by atoms with Crippen molar-refractivity contribution in [3.05, 3.63) is 57.6 Å². The molecule has 0 radical (unpaired) electrons. The van der Waals surface area contributed by atoms with Gasteiger partial charge in [-0.1, -0.05) is 29.3 Å². The monoisotopic (exact) mass is 286 g/mol. The fourth-order valence-corrected chi connectivity index (χ4v) is 1.99. The minimum atomic E-state index is 0.419. The van der Waals surface area contributed by atoms with E-state index >= 15 is 0 Å². The van der Waals surface area contributed by atoms with Crippen molar-refractivity contribution in [2.24, 2.45) is 0 Å². The second-order valence-electron chi connectivity index (χ2n) is 3.55. The predicted molar refractivity (Wildman–Crippen MR) is 70.9 cm³/mol. The molecule has 0 fully saturated rings. The predicted octanol–water partition coefficient (Wildman–Crippen LogP) is 4.11. The molecule has 2 aromatic rings. The average Bonchev–Trinajstić information content (AvgIpc) is 2.34. The SMILES string of the molecule is ClCc1cnc(Cc2ccc(Cl)cc2Cl)nc1. The van der Waals surface area contributed by atoms with E-state index in [4.69, 9.17) is 34.8 Å². The summed E-state index contributed by atoms with van der Waals surface area (Å²) in [5, 5.41) is 1.25. The molecule has 0 atom stereocenters. The molecule has 5 heteroatoms. The lowest BCUT2D eigenvalue weighted by molar-refractivity contribution is 0.952. The van der Waals surface area contributed by atoms with Gasteiger partial charge in [0.25, 0.3) is 0 Å². The molecule has 0 saturated heterocycles. The molecule has 17 heavy (non-hydrogen) atoms. The van der Waals surface area contributed by atoms with Gasteiger partial charge in [0.15, 0.2) is 0 Å². The Balaban J connectivity index is 2.19. The largest absolute Gasteiger partial charge is 0.241 e. The second-order valence-corrected chi connectivity index (χ2v) is 4.66. The topological polar surface area (TPSA) is 25.8 Å². The van der Waals surface area contributed by atoms with Crippen molar-refractivity contribution in [1.29, 1.82) is 0 Å². The first-order valence-corrected chi connectivity index (χ1v) is 6.28. The van der Waals surface area contributed by atoms with Crippen molar-refractivity contribution in [2.45, 2.75) is 12.3 Å². The van der Waals surface area contributed by atoms with Crippen molar-refractivity contribution in [3.63, 3.8) is 0 Å². The van der Waals surface area contributed by atoms with E-state index in [-0.39, 0.29) is 0 Å². The molecule has 88 valence electrons. The van der Waals surface area contributed by atoms with Gasteiger partial charge in [0.05, 0.1) is 5.88 Å². The van der Waals surface area contributed by atoms with Crippen molar-refractivity contribution < 1.29 is 0 Å². The van der Waals surface area contributed by atoms with Gasteiger partial charge in [-0.25, -0.2) is 9.97 Å². The molecular formula is C12H9Cl3N2. The summed E-state index contributed by atoms with van der Waals surface area (Å²) >= 11 is 17.6. The molecule has 2 nitrogen and oxygen atoms in total. The minimum Gasteiger partial charge on any atom is -0.241 e. The first-order chi connectivity index (χ1) is 8.19. The molecule has 1 aromatic heterocycles. The van der Waals surface area contributed by atoms with Gasteiger partial charge in [-0.3, -0.25) is 0 Å². The lowest BCUT2D eigenvalue weighted by Gasteiger charge is -2.04. The van der Waals surface area contributed by atoms with Gasteiger partial charge < -0.3 is 0 Å². The summed E-state index contributed by atoms with van der Waals surface area (Å²) in [5.74, 6) is 1.13. The summed E-state index contributed by atoms with van der Waals surface area (Å²) in [5.41, 5.74) is 1.85. The highest BCUT2D eigenvalue weighted by atomic mass is 35.5. The molecule has 2 rings (SSSR count). The van der Waals surface area contributed by atoms with E-state index in [0.29, 0.717) is 28.2 Å². The van der Waals surface area contributed by atoms with Gasteiger partial charge in [-0.05, 0) is 17.7 Å². The maximum absolute atomic E-state index is 6.08. The Morgan fingerprint density at radius 2 is 1.76 bits per heavy atom. The Bertz CT molecular complexity index is 512. The summed E-state index contributed by atoms with van der Waals surface area (Å²) in [6, 6.07) is 5.39. The van der Waals surface area contributed by atoms with Gasteiger partial charge in [-0.2, -0.15) is 0 Å². The lowest BCUT2D eigenvalue weighted by atomic mass is 10.1. The summed E-state index contributed by atoms with van der Waals surface area (Å²) in [6.45, 7) is 0. The highest BCUT2D eigenvalue weighted by Crippen LogP contribution is 2.22. The van der Waals surface area contributed by atoms with Crippen LogP contribution in [0.2, 0.25) is 10.0 Å². The summed E-state index contributed by atoms with van der Waals surface area (Å²) in [7, 11) is 0. The van der Waals surface area contributed by atoms with Crippen LogP contribution in [0.25, 0.3) is 0 Å². The third kappa shape index (κ3) is 3.32. The Hall–Kier alpha value is -0.830. The number of rotatable bonds is 3. The first kappa shape index (κ1) is 12.6. The Labute approximate surface area is 115 Å². The van der Waals surface area contributed by atoms with E-state index in [2.05, 4.69) is 9.97 Å². The van der Waals surface area contributed by atoms with Gasteiger partial charge >= 0.3 is 0 Å². The smallest absolute Gasteiger partial charge is 0.132 e. The van der Waals surface area contributed by atoms with Crippen molar-refractivity contribution in [3.8, 4) is 0 Å². The van der Waals surface area contributed by atoms with Crippen LogP contribution in [0.15, 0.2) is 30.6 Å². The molecule has 1 heterocycles. The third-order valence-electron chi connectivity index (χ3n) is 2.28. The number of benzene rings is 1. The van der Waals surface area contributed by atoms with Gasteiger partial charge in [0, 0.05) is 34.4 Å². The summed E-state index contributed by atoms with van der Waals surface area (Å²) in [4.78, 5) is 8.44. The average molecular weight is 288 g/mol. The van der Waals surface area contributed by atoms with Crippen LogP contribution in [0.5, 0.6) is 0 Å². The molecular weight excluding hydrogens is 279 g/mol. The molecule has 0 bridgehead atoms. The summed E-state index contributed by atoms with van der Waals surface area (Å²) in [6.07, 6.45) is 4.02. The summed E-state index contributed by atoms with van der Waals surface area (Å²) < 4.78 is 0. The third-order valence-corrected chi connectivity index (χ3v) is 3.17. The number of aromatic nitrogens is 2. The molecule has 0 aliphatic carbocycles. The fraction of sp³-hybridized carbons (Fsp3) is 0.167. The van der Waals surface area contributed by atoms with E-state index in [1.54, 1.807) is 24.5 Å². The highest BCUT2D eigenvalue weighted by molar-refractivity contribution is 6.35. The Morgan fingerprint density at radius 3 is 2.35 bits per heavy atom. The maximum Gasteiger partial charge on any atom is 0.132 e. The molecule has 0 spiro atoms. The molecule has 0 aliphatic heterocycles. The van der Waals surface area contributed by atoms with E-state index in [1.807, 2.05) is 6.07 Å². The van der Waals surface area contributed by atoms with Crippen molar-refractivity contribution in [2.75, 3.05) is 0 Å². The van der Waals surface area contributed by atoms with Gasteiger partial charge in [0.2, 0.25) is 0 Å². The minimum absolute atomic E-state index is 0.419. The number of halogens is 3. The zero-order chi connectivity index (χ0) is 12.3. The molecule has 0 N–H and O–H groups in total. The maximum atomic E-state index is 6.08. The van der Waals surface area contributed by atoms with Crippen LogP contribution in [-0.2, 0) is 12.3 Å². The van der Waals surface area contributed by atoms with Crippen LogP contribution in [0, 0.1) is 0 Å². The van der Waals surface area contributed by atoms with Crippen LogP contribution in [0.4, 0.5) is 0 Å². The molecule has 0 aliphatic rings. The highest BCUT2D eigenvalue weighted by Gasteiger charge is 2.04. The van der Waals surface area contributed by atoms with E-state index in [9.17, 15) is 0 Å². The zero-order valence-corrected chi connectivity index (χ0v) is 11.1. The standard InChI is InChI=1S/C12H9Cl3N2/c13-5-8-6-16-12(17-7-8)3-9-1-2-10(14)4-11(9)15/h1-2,4,6-7H,3,5H2. The molecule has 0 amide bonds. The van der Waals surface area contributed by atoms with Crippen LogP contribution < -0.4 is 0 Å². The van der Waals surface area contributed by atoms with E-state index in [0.717, 1.165) is 11.1 Å². The molecule has 1 aromatic carbocycles. The second kappa shape index (κ2) is 5.67. The number of hydrogen-bond acceptors (Lipinski definition) is 2. The first-order valence-electron chi connectivity index (χ1n) is 4.98. The number of alkyl halides is 1.